The van der Waals surface area contributed by atoms with Crippen molar-refractivity contribution in [2.45, 2.75) is 37.2 Å². The molecule has 0 unspecified atom stereocenters. The van der Waals surface area contributed by atoms with Crippen molar-refractivity contribution in [1.82, 2.24) is 14.5 Å². The number of carbonyl (C=O) groups is 2. The molecule has 2 aromatic rings. The average molecular weight is 454 g/mol. The summed E-state index contributed by atoms with van der Waals surface area (Å²) in [6, 6.07) is 7.97. The fourth-order valence-electron chi connectivity index (χ4n) is 3.44. The number of benzene rings is 1. The summed E-state index contributed by atoms with van der Waals surface area (Å²) >= 11 is 1.52. The lowest BCUT2D eigenvalue weighted by molar-refractivity contribution is -0.138. The number of hydrogen-bond donors (Lipinski definition) is 1. The van der Waals surface area contributed by atoms with Crippen LogP contribution < -0.4 is 5.32 Å². The van der Waals surface area contributed by atoms with Gasteiger partial charge in [-0.2, -0.15) is 4.31 Å². The summed E-state index contributed by atoms with van der Waals surface area (Å²) in [6.45, 7) is 2.34. The van der Waals surface area contributed by atoms with E-state index in [2.05, 4.69) is 5.32 Å². The maximum atomic E-state index is 14.1. The van der Waals surface area contributed by atoms with Crippen molar-refractivity contribution < 1.29 is 22.4 Å². The summed E-state index contributed by atoms with van der Waals surface area (Å²) < 4.78 is 41.1. The molecule has 2 heterocycles. The van der Waals surface area contributed by atoms with Gasteiger partial charge in [0.15, 0.2) is 0 Å². The highest BCUT2D eigenvalue weighted by Crippen LogP contribution is 2.28. The molecule has 2 amide bonds. The summed E-state index contributed by atoms with van der Waals surface area (Å²) in [5.74, 6) is -1.61. The first-order chi connectivity index (χ1) is 14.3. The second kappa shape index (κ2) is 9.67. The Bertz CT molecular complexity index is 995. The molecule has 30 heavy (non-hydrogen) atoms. The number of sulfonamides is 1. The van der Waals surface area contributed by atoms with E-state index >= 15 is 0 Å². The summed E-state index contributed by atoms with van der Waals surface area (Å²) in [5.41, 5.74) is 0. The molecule has 0 saturated carbocycles. The minimum Gasteiger partial charge on any atom is -0.350 e. The van der Waals surface area contributed by atoms with E-state index in [0.717, 1.165) is 15.2 Å². The van der Waals surface area contributed by atoms with Crippen molar-refractivity contribution in [3.05, 3.63) is 52.5 Å². The van der Waals surface area contributed by atoms with E-state index in [-0.39, 0.29) is 25.5 Å². The maximum Gasteiger partial charge on any atom is 0.246 e. The van der Waals surface area contributed by atoms with Crippen molar-refractivity contribution in [2.24, 2.45) is 0 Å². The van der Waals surface area contributed by atoms with Crippen molar-refractivity contribution in [1.29, 1.82) is 0 Å². The van der Waals surface area contributed by atoms with Crippen LogP contribution >= 0.6 is 11.3 Å². The lowest BCUT2D eigenvalue weighted by Gasteiger charge is -2.29. The fourth-order valence-corrected chi connectivity index (χ4v) is 5.80. The molecule has 1 aliphatic heterocycles. The van der Waals surface area contributed by atoms with Gasteiger partial charge in [0.25, 0.3) is 0 Å². The van der Waals surface area contributed by atoms with Gasteiger partial charge in [0.1, 0.15) is 16.8 Å². The molecule has 1 saturated heterocycles. The molecule has 1 fully saturated rings. The number of nitrogens with one attached hydrogen (secondary N) is 1. The highest BCUT2D eigenvalue weighted by molar-refractivity contribution is 7.89. The van der Waals surface area contributed by atoms with Crippen LogP contribution in [-0.2, 0) is 26.2 Å². The van der Waals surface area contributed by atoms with Crippen LogP contribution in [0.4, 0.5) is 4.39 Å². The molecule has 162 valence electrons. The first-order valence-corrected chi connectivity index (χ1v) is 12.0. The molecule has 1 aromatic carbocycles. The second-order valence-electron chi connectivity index (χ2n) is 6.91. The summed E-state index contributed by atoms with van der Waals surface area (Å²) in [4.78, 5) is 27.2. The van der Waals surface area contributed by atoms with Crippen molar-refractivity contribution in [2.75, 3.05) is 19.6 Å². The van der Waals surface area contributed by atoms with Crippen LogP contribution in [0.25, 0.3) is 0 Å². The van der Waals surface area contributed by atoms with Crippen LogP contribution in [0, 0.1) is 5.82 Å². The number of hydrogen-bond acceptors (Lipinski definition) is 5. The molecule has 1 aliphatic rings. The Labute approximate surface area is 179 Å². The van der Waals surface area contributed by atoms with E-state index in [1.807, 2.05) is 17.5 Å². The van der Waals surface area contributed by atoms with E-state index < -0.39 is 32.7 Å². The minimum atomic E-state index is -4.16. The SMILES string of the molecule is CCN(CC(=O)NCc1cccs1)C(=O)[C@@H]1CCCN1S(=O)(=O)c1ccccc1F. The molecule has 0 spiro atoms. The Morgan fingerprint density at radius 2 is 2.03 bits per heavy atom. The Balaban J connectivity index is 1.70. The Morgan fingerprint density at radius 3 is 2.70 bits per heavy atom. The number of likely N-dealkylation sites (N-methyl/N-ethyl adjacent to an activating group) is 1. The molecule has 1 aromatic heterocycles. The lowest BCUT2D eigenvalue weighted by atomic mass is 10.2. The van der Waals surface area contributed by atoms with Gasteiger partial charge in [-0.3, -0.25) is 9.59 Å². The van der Waals surface area contributed by atoms with E-state index in [1.54, 1.807) is 6.92 Å². The minimum absolute atomic E-state index is 0.134. The zero-order valence-electron chi connectivity index (χ0n) is 16.6. The van der Waals surface area contributed by atoms with Crippen molar-refractivity contribution in [3.63, 3.8) is 0 Å². The second-order valence-corrected chi connectivity index (χ2v) is 9.80. The van der Waals surface area contributed by atoms with Gasteiger partial charge >= 0.3 is 0 Å². The van der Waals surface area contributed by atoms with Gasteiger partial charge in [-0.05, 0) is 43.3 Å². The summed E-state index contributed by atoms with van der Waals surface area (Å²) in [7, 11) is -4.16. The Kier molecular flexibility index (Phi) is 7.22. The largest absolute Gasteiger partial charge is 0.350 e. The molecule has 0 bridgehead atoms. The van der Waals surface area contributed by atoms with Crippen LogP contribution in [-0.4, -0.2) is 55.1 Å². The molecule has 3 rings (SSSR count). The van der Waals surface area contributed by atoms with E-state index in [1.165, 1.54) is 34.4 Å². The highest BCUT2D eigenvalue weighted by atomic mass is 32.2. The van der Waals surface area contributed by atoms with Gasteiger partial charge in [-0.25, -0.2) is 12.8 Å². The molecule has 0 radical (unpaired) electrons. The number of halogens is 1. The van der Waals surface area contributed by atoms with Gasteiger partial charge in [-0.1, -0.05) is 18.2 Å². The predicted molar refractivity (Wildman–Crippen MR) is 112 cm³/mol. The fraction of sp³-hybridized carbons (Fsp3) is 0.400. The number of amides is 2. The van der Waals surface area contributed by atoms with Crippen LogP contribution in [0.15, 0.2) is 46.7 Å². The van der Waals surface area contributed by atoms with Crippen molar-refractivity contribution >= 4 is 33.2 Å². The van der Waals surface area contributed by atoms with Crippen LogP contribution in [0.5, 0.6) is 0 Å². The molecule has 7 nitrogen and oxygen atoms in total. The monoisotopic (exact) mass is 453 g/mol. The third kappa shape index (κ3) is 4.88. The standard InChI is InChI=1S/C20H24FN3O4S2/c1-2-23(14-19(25)22-13-15-7-6-12-29-15)20(26)17-9-5-11-24(17)30(27,28)18-10-4-3-8-16(18)21/h3-4,6-8,10,12,17H,2,5,9,11,13-14H2,1H3,(H,22,25)/t17-/m0/s1. The molecule has 10 heteroatoms. The van der Waals surface area contributed by atoms with Gasteiger partial charge in [-0.15, -0.1) is 11.3 Å². The molecule has 1 N–H and O–H groups in total. The van der Waals surface area contributed by atoms with Crippen LogP contribution in [0.3, 0.4) is 0 Å². The number of thiophene rings is 1. The van der Waals surface area contributed by atoms with Crippen LogP contribution in [0.1, 0.15) is 24.6 Å². The van der Waals surface area contributed by atoms with E-state index in [4.69, 9.17) is 0 Å². The smallest absolute Gasteiger partial charge is 0.246 e. The average Bonchev–Trinajstić information content (AvgIpc) is 3.42. The van der Waals surface area contributed by atoms with Gasteiger partial charge in [0, 0.05) is 18.0 Å². The highest BCUT2D eigenvalue weighted by Gasteiger charge is 2.42. The first-order valence-electron chi connectivity index (χ1n) is 9.68. The number of carbonyl (C=O) groups excluding carboxylic acids is 2. The molecular weight excluding hydrogens is 429 g/mol. The summed E-state index contributed by atoms with van der Waals surface area (Å²) in [6.07, 6.45) is 0.825. The number of rotatable bonds is 8. The van der Waals surface area contributed by atoms with Gasteiger partial charge in [0.05, 0.1) is 13.1 Å². The third-order valence-corrected chi connectivity index (χ3v) is 7.80. The molecule has 1 atom stereocenters. The zero-order valence-corrected chi connectivity index (χ0v) is 18.2. The summed E-state index contributed by atoms with van der Waals surface area (Å²) in [5, 5.41) is 4.68. The van der Waals surface area contributed by atoms with E-state index in [9.17, 15) is 22.4 Å². The zero-order chi connectivity index (χ0) is 21.7. The first kappa shape index (κ1) is 22.4. The molecule has 0 aliphatic carbocycles. The topological polar surface area (TPSA) is 86.8 Å². The normalized spacial score (nSPS) is 17.1. The van der Waals surface area contributed by atoms with E-state index in [0.29, 0.717) is 19.4 Å². The van der Waals surface area contributed by atoms with Crippen molar-refractivity contribution in [3.8, 4) is 0 Å². The Hall–Kier alpha value is -2.30. The lowest BCUT2D eigenvalue weighted by Crippen LogP contribution is -2.50. The van der Waals surface area contributed by atoms with Gasteiger partial charge in [0.2, 0.25) is 21.8 Å². The maximum absolute atomic E-state index is 14.1. The van der Waals surface area contributed by atoms with Gasteiger partial charge < -0.3 is 10.2 Å². The van der Waals surface area contributed by atoms with Crippen LogP contribution in [0.2, 0.25) is 0 Å². The Morgan fingerprint density at radius 1 is 1.27 bits per heavy atom. The third-order valence-electron chi connectivity index (χ3n) is 4.98. The quantitative estimate of drug-likeness (QED) is 0.664. The number of nitrogens with zero attached hydrogens (tertiary/aromatic N) is 2. The molecular formula is C20H24FN3O4S2. The predicted octanol–water partition coefficient (Wildman–Crippen LogP) is 2.21.